The molecule has 0 aliphatic carbocycles. The fraction of sp³-hybridized carbons (Fsp3) is 0.111. The van der Waals surface area contributed by atoms with Crippen molar-refractivity contribution >= 4 is 5.69 Å². The van der Waals surface area contributed by atoms with E-state index in [1.54, 1.807) is 18.2 Å². The molecule has 1 rings (SSSR count). The lowest BCUT2D eigenvalue weighted by Gasteiger charge is -2.01. The third-order valence-corrected chi connectivity index (χ3v) is 1.54. The van der Waals surface area contributed by atoms with E-state index < -0.39 is 4.92 Å². The summed E-state index contributed by atoms with van der Waals surface area (Å²) >= 11 is 0. The summed E-state index contributed by atoms with van der Waals surface area (Å²) < 4.78 is 0. The fourth-order valence-electron chi connectivity index (χ4n) is 0.957. The van der Waals surface area contributed by atoms with Crippen molar-refractivity contribution in [2.45, 2.75) is 6.61 Å². The molecular formula is C9H9NO4. The second-order valence-corrected chi connectivity index (χ2v) is 2.41. The average Bonchev–Trinajstić information content (AvgIpc) is 2.19. The molecule has 0 aliphatic rings. The van der Waals surface area contributed by atoms with Gasteiger partial charge in [-0.15, -0.1) is 0 Å². The monoisotopic (exact) mass is 195 g/mol. The van der Waals surface area contributed by atoms with Crippen LogP contribution in [0, 0.1) is 10.1 Å². The van der Waals surface area contributed by atoms with Crippen molar-refractivity contribution in [1.82, 2.24) is 0 Å². The number of nitro groups is 1. The molecule has 0 fully saturated rings. The molecule has 5 nitrogen and oxygen atoms in total. The standard InChI is InChI=1S/C9H9NO4/c1-2-13-14-7-8-5-3-4-6-9(8)10(11)12/h2-6H,1,7H2. The Balaban J connectivity index is 2.74. The highest BCUT2D eigenvalue weighted by Crippen LogP contribution is 2.18. The molecule has 0 spiro atoms. The van der Waals surface area contributed by atoms with E-state index in [0.717, 1.165) is 6.26 Å². The van der Waals surface area contributed by atoms with Crippen molar-refractivity contribution in [3.8, 4) is 0 Å². The molecule has 0 N–H and O–H groups in total. The molecule has 0 aromatic heterocycles. The average molecular weight is 195 g/mol. The first-order valence-electron chi connectivity index (χ1n) is 3.87. The summed E-state index contributed by atoms with van der Waals surface area (Å²) in [6.07, 6.45) is 1.11. The molecule has 0 heterocycles. The van der Waals surface area contributed by atoms with Gasteiger partial charge in [-0.2, -0.15) is 4.89 Å². The zero-order valence-electron chi connectivity index (χ0n) is 7.38. The van der Waals surface area contributed by atoms with Gasteiger partial charge >= 0.3 is 0 Å². The van der Waals surface area contributed by atoms with Crippen LogP contribution in [0.3, 0.4) is 0 Å². The Kier molecular flexibility index (Phi) is 3.63. The van der Waals surface area contributed by atoms with Crippen molar-refractivity contribution in [2.24, 2.45) is 0 Å². The molecule has 14 heavy (non-hydrogen) atoms. The van der Waals surface area contributed by atoms with Gasteiger partial charge in [-0.3, -0.25) is 10.1 Å². The van der Waals surface area contributed by atoms with Crippen molar-refractivity contribution in [2.75, 3.05) is 0 Å². The van der Waals surface area contributed by atoms with E-state index in [2.05, 4.69) is 16.4 Å². The summed E-state index contributed by atoms with van der Waals surface area (Å²) in [5.74, 6) is 0. The van der Waals surface area contributed by atoms with Crippen LogP contribution in [-0.2, 0) is 16.4 Å². The second-order valence-electron chi connectivity index (χ2n) is 2.41. The highest BCUT2D eigenvalue weighted by atomic mass is 17.2. The Labute approximate surface area is 80.6 Å². The van der Waals surface area contributed by atoms with Crippen molar-refractivity contribution in [1.29, 1.82) is 0 Å². The summed E-state index contributed by atoms with van der Waals surface area (Å²) in [4.78, 5) is 19.1. The van der Waals surface area contributed by atoms with Gasteiger partial charge in [-0.05, 0) is 6.07 Å². The zero-order chi connectivity index (χ0) is 10.4. The molecule has 0 atom stereocenters. The Bertz CT molecular complexity index is 337. The van der Waals surface area contributed by atoms with Crippen molar-refractivity contribution in [3.63, 3.8) is 0 Å². The van der Waals surface area contributed by atoms with Crippen LogP contribution in [0.4, 0.5) is 5.69 Å². The summed E-state index contributed by atoms with van der Waals surface area (Å²) in [5, 5.41) is 10.5. The third kappa shape index (κ3) is 2.56. The summed E-state index contributed by atoms with van der Waals surface area (Å²) in [7, 11) is 0. The third-order valence-electron chi connectivity index (χ3n) is 1.54. The molecule has 74 valence electrons. The highest BCUT2D eigenvalue weighted by Gasteiger charge is 2.11. The predicted octanol–water partition coefficient (Wildman–Crippen LogP) is 2.19. The van der Waals surface area contributed by atoms with Crippen LogP contribution < -0.4 is 0 Å². The Hall–Kier alpha value is -1.88. The van der Waals surface area contributed by atoms with E-state index in [9.17, 15) is 10.1 Å². The minimum atomic E-state index is -0.466. The molecule has 0 saturated heterocycles. The van der Waals surface area contributed by atoms with Crippen LogP contribution in [0.15, 0.2) is 37.1 Å². The lowest BCUT2D eigenvalue weighted by molar-refractivity contribution is -0.386. The highest BCUT2D eigenvalue weighted by molar-refractivity contribution is 5.39. The van der Waals surface area contributed by atoms with Crippen LogP contribution in [0.1, 0.15) is 5.56 Å². The molecule has 0 radical (unpaired) electrons. The molecular weight excluding hydrogens is 186 g/mol. The number of benzene rings is 1. The van der Waals surface area contributed by atoms with E-state index in [1.807, 2.05) is 0 Å². The first-order valence-corrected chi connectivity index (χ1v) is 3.87. The van der Waals surface area contributed by atoms with E-state index in [1.165, 1.54) is 6.07 Å². The Morgan fingerprint density at radius 1 is 1.50 bits per heavy atom. The van der Waals surface area contributed by atoms with Gasteiger partial charge in [-0.25, -0.2) is 0 Å². The van der Waals surface area contributed by atoms with E-state index >= 15 is 0 Å². The van der Waals surface area contributed by atoms with Crippen LogP contribution in [0.5, 0.6) is 0 Å². The Morgan fingerprint density at radius 3 is 2.86 bits per heavy atom. The summed E-state index contributed by atoms with van der Waals surface area (Å²) in [6, 6.07) is 6.30. The van der Waals surface area contributed by atoms with Gasteiger partial charge < -0.3 is 4.89 Å². The molecule has 1 aromatic rings. The normalized spacial score (nSPS) is 9.43. The van der Waals surface area contributed by atoms with Gasteiger partial charge in [0.05, 0.1) is 10.5 Å². The van der Waals surface area contributed by atoms with Crippen LogP contribution in [0.25, 0.3) is 0 Å². The maximum atomic E-state index is 10.5. The lowest BCUT2D eigenvalue weighted by Crippen LogP contribution is -1.97. The molecule has 0 amide bonds. The summed E-state index contributed by atoms with van der Waals surface area (Å²) in [6.45, 7) is 3.29. The number of hydrogen-bond donors (Lipinski definition) is 0. The predicted molar refractivity (Wildman–Crippen MR) is 49.2 cm³/mol. The van der Waals surface area contributed by atoms with E-state index in [4.69, 9.17) is 0 Å². The van der Waals surface area contributed by atoms with Gasteiger partial charge in [0.25, 0.3) is 5.69 Å². The molecule has 0 aliphatic heterocycles. The number of nitro benzene ring substituents is 1. The number of nitrogens with zero attached hydrogens (tertiary/aromatic N) is 1. The largest absolute Gasteiger partial charge is 0.346 e. The van der Waals surface area contributed by atoms with Gasteiger partial charge in [-0.1, -0.05) is 18.7 Å². The minimum Gasteiger partial charge on any atom is -0.346 e. The number of para-hydroxylation sites is 1. The fourth-order valence-corrected chi connectivity index (χ4v) is 0.957. The van der Waals surface area contributed by atoms with Crippen LogP contribution >= 0.6 is 0 Å². The van der Waals surface area contributed by atoms with Gasteiger partial charge in [0.2, 0.25) is 0 Å². The first-order chi connectivity index (χ1) is 6.75. The van der Waals surface area contributed by atoms with Gasteiger partial charge in [0, 0.05) is 6.07 Å². The maximum Gasteiger partial charge on any atom is 0.275 e. The number of rotatable bonds is 5. The molecule has 5 heteroatoms. The van der Waals surface area contributed by atoms with Crippen molar-refractivity contribution < 1.29 is 14.7 Å². The molecule has 0 unspecified atom stereocenters. The van der Waals surface area contributed by atoms with Gasteiger partial charge in [0.1, 0.15) is 12.9 Å². The van der Waals surface area contributed by atoms with E-state index in [-0.39, 0.29) is 12.3 Å². The SMILES string of the molecule is C=COOCc1ccccc1[N+](=O)[O-]. The van der Waals surface area contributed by atoms with Crippen LogP contribution in [-0.4, -0.2) is 4.92 Å². The Morgan fingerprint density at radius 2 is 2.21 bits per heavy atom. The lowest BCUT2D eigenvalue weighted by atomic mass is 10.2. The van der Waals surface area contributed by atoms with E-state index in [0.29, 0.717) is 5.56 Å². The quantitative estimate of drug-likeness (QED) is 0.237. The van der Waals surface area contributed by atoms with Crippen LogP contribution in [0.2, 0.25) is 0 Å². The minimum absolute atomic E-state index is 0.0140. The van der Waals surface area contributed by atoms with Gasteiger partial charge in [0.15, 0.2) is 0 Å². The number of hydrogen-bond acceptors (Lipinski definition) is 4. The second kappa shape index (κ2) is 4.98. The maximum absolute atomic E-state index is 10.5. The molecule has 1 aromatic carbocycles. The van der Waals surface area contributed by atoms with Crippen molar-refractivity contribution in [3.05, 3.63) is 52.8 Å². The zero-order valence-corrected chi connectivity index (χ0v) is 7.38. The first kappa shape index (κ1) is 10.2. The smallest absolute Gasteiger partial charge is 0.275 e. The summed E-state index contributed by atoms with van der Waals surface area (Å²) in [5.41, 5.74) is 0.472. The molecule has 0 saturated carbocycles. The topological polar surface area (TPSA) is 61.6 Å². The molecule has 0 bridgehead atoms.